The number of thioether (sulfide) groups is 1. The molecular formula is C26H53O6PS. The van der Waals surface area contributed by atoms with E-state index in [4.69, 9.17) is 14.5 Å². The molecule has 0 saturated carbocycles. The molecule has 3 unspecified atom stereocenters. The first-order valence-corrected chi connectivity index (χ1v) is 16.2. The maximum Gasteiger partial charge on any atom is 0.421 e. The second kappa shape index (κ2) is 26.0. The third-order valence-corrected chi connectivity index (χ3v) is 8.56. The van der Waals surface area contributed by atoms with Gasteiger partial charge in [-0.3, -0.25) is 9.45 Å². The lowest BCUT2D eigenvalue weighted by Crippen LogP contribution is -2.24. The molecule has 0 aliphatic heterocycles. The van der Waals surface area contributed by atoms with E-state index in [-0.39, 0.29) is 12.7 Å². The SMILES string of the molecule is CCCCCCCCCCCSC(CCCCCCCC)C(C)OCCCO[PH](=O)C(=O)OO. The van der Waals surface area contributed by atoms with Crippen molar-refractivity contribution in [2.75, 3.05) is 19.0 Å². The number of carbonyl (C=O) groups is 1. The molecule has 0 spiro atoms. The molecule has 0 bridgehead atoms. The van der Waals surface area contributed by atoms with Crippen LogP contribution in [0.4, 0.5) is 4.79 Å². The van der Waals surface area contributed by atoms with Crippen molar-refractivity contribution in [3.8, 4) is 0 Å². The minimum Gasteiger partial charge on any atom is -0.377 e. The van der Waals surface area contributed by atoms with Crippen LogP contribution in [0, 0.1) is 0 Å². The lowest BCUT2D eigenvalue weighted by molar-refractivity contribution is -0.168. The Labute approximate surface area is 214 Å². The Morgan fingerprint density at radius 3 is 1.88 bits per heavy atom. The number of rotatable bonds is 26. The highest BCUT2D eigenvalue weighted by molar-refractivity contribution is 7.99. The van der Waals surface area contributed by atoms with Crippen LogP contribution in [0.2, 0.25) is 0 Å². The Bertz CT molecular complexity index is 480. The van der Waals surface area contributed by atoms with Crippen molar-refractivity contribution >= 4 is 25.5 Å². The van der Waals surface area contributed by atoms with Gasteiger partial charge in [0.1, 0.15) is 0 Å². The van der Waals surface area contributed by atoms with Gasteiger partial charge in [0.15, 0.2) is 0 Å². The Morgan fingerprint density at radius 1 is 0.794 bits per heavy atom. The van der Waals surface area contributed by atoms with E-state index in [2.05, 4.69) is 37.4 Å². The Balaban J connectivity index is 4.13. The number of hydrogen-bond donors (Lipinski definition) is 1. The molecule has 6 nitrogen and oxygen atoms in total. The summed E-state index contributed by atoms with van der Waals surface area (Å²) in [4.78, 5) is 14.3. The van der Waals surface area contributed by atoms with E-state index in [0.29, 0.717) is 18.3 Å². The first kappa shape index (κ1) is 33.9. The van der Waals surface area contributed by atoms with Gasteiger partial charge < -0.3 is 9.26 Å². The molecule has 0 aromatic rings. The van der Waals surface area contributed by atoms with Crippen molar-refractivity contribution in [1.82, 2.24) is 0 Å². The molecule has 3 atom stereocenters. The quantitative estimate of drug-likeness (QED) is 0.0522. The zero-order valence-corrected chi connectivity index (χ0v) is 24.0. The molecule has 1 N–H and O–H groups in total. The van der Waals surface area contributed by atoms with Gasteiger partial charge in [-0.2, -0.15) is 17.0 Å². The predicted molar refractivity (Wildman–Crippen MR) is 146 cm³/mol. The molecule has 0 rings (SSSR count). The van der Waals surface area contributed by atoms with Gasteiger partial charge in [-0.05, 0) is 31.9 Å². The second-order valence-electron chi connectivity index (χ2n) is 9.24. The molecule has 0 saturated heterocycles. The third-order valence-electron chi connectivity index (χ3n) is 6.10. The van der Waals surface area contributed by atoms with Crippen LogP contribution < -0.4 is 0 Å². The number of hydrogen-bond acceptors (Lipinski definition) is 7. The molecule has 0 heterocycles. The van der Waals surface area contributed by atoms with E-state index in [0.717, 1.165) is 0 Å². The molecule has 0 aromatic heterocycles. The van der Waals surface area contributed by atoms with E-state index in [1.165, 1.54) is 108 Å². The van der Waals surface area contributed by atoms with Crippen LogP contribution in [-0.4, -0.2) is 41.3 Å². The molecule has 0 aliphatic carbocycles. The molecule has 0 fully saturated rings. The van der Waals surface area contributed by atoms with Crippen LogP contribution in [-0.2, 0) is 18.7 Å². The van der Waals surface area contributed by atoms with E-state index >= 15 is 0 Å². The fraction of sp³-hybridized carbons (Fsp3) is 0.962. The van der Waals surface area contributed by atoms with Crippen LogP contribution in [0.25, 0.3) is 0 Å². The third kappa shape index (κ3) is 21.2. The Hall–Kier alpha value is -0.0700. The van der Waals surface area contributed by atoms with Crippen LogP contribution in [0.3, 0.4) is 0 Å². The van der Waals surface area contributed by atoms with Crippen molar-refractivity contribution < 1.29 is 28.8 Å². The van der Waals surface area contributed by atoms with Crippen molar-refractivity contribution in [1.29, 1.82) is 0 Å². The van der Waals surface area contributed by atoms with E-state index in [1.54, 1.807) is 0 Å². The minimum atomic E-state index is -3.00. The molecule has 0 amide bonds. The highest BCUT2D eigenvalue weighted by Crippen LogP contribution is 2.26. The van der Waals surface area contributed by atoms with Crippen LogP contribution in [0.15, 0.2) is 0 Å². The standard InChI is InChI=1S/C26H53O6PS/c1-4-6-8-10-12-13-14-16-18-23-34-25(20-17-15-11-9-7-5-2)24(3)30-21-19-22-31-33(29)26(27)32-28/h24-25,28,33H,4-23H2,1-3H3. The van der Waals surface area contributed by atoms with E-state index < -0.39 is 13.7 Å². The van der Waals surface area contributed by atoms with Gasteiger partial charge in [-0.15, -0.1) is 0 Å². The molecule has 204 valence electrons. The Kier molecular flexibility index (Phi) is 26.0. The summed E-state index contributed by atoms with van der Waals surface area (Å²) in [6, 6.07) is 0. The summed E-state index contributed by atoms with van der Waals surface area (Å²) < 4.78 is 22.3. The monoisotopic (exact) mass is 524 g/mol. The lowest BCUT2D eigenvalue weighted by Gasteiger charge is -2.24. The summed E-state index contributed by atoms with van der Waals surface area (Å²) in [7, 11) is -3.00. The lowest BCUT2D eigenvalue weighted by atomic mass is 10.1. The number of ether oxygens (including phenoxy) is 1. The fourth-order valence-corrected chi connectivity index (χ4v) is 5.80. The smallest absolute Gasteiger partial charge is 0.377 e. The normalized spacial score (nSPS) is 14.1. The van der Waals surface area contributed by atoms with Gasteiger partial charge in [0, 0.05) is 11.9 Å². The van der Waals surface area contributed by atoms with Gasteiger partial charge in [0.25, 0.3) is 0 Å². The second-order valence-corrected chi connectivity index (χ2v) is 11.9. The maximum atomic E-state index is 11.3. The molecule has 0 radical (unpaired) electrons. The van der Waals surface area contributed by atoms with Gasteiger partial charge >= 0.3 is 13.7 Å². The van der Waals surface area contributed by atoms with Gasteiger partial charge in [0.2, 0.25) is 0 Å². The Morgan fingerprint density at radius 2 is 1.32 bits per heavy atom. The molecular weight excluding hydrogens is 471 g/mol. The maximum absolute atomic E-state index is 11.3. The average Bonchev–Trinajstić information content (AvgIpc) is 2.84. The van der Waals surface area contributed by atoms with Crippen LogP contribution >= 0.6 is 19.8 Å². The van der Waals surface area contributed by atoms with Gasteiger partial charge in [0.05, 0.1) is 12.7 Å². The van der Waals surface area contributed by atoms with Crippen LogP contribution in [0.5, 0.6) is 0 Å². The van der Waals surface area contributed by atoms with Crippen molar-refractivity contribution in [2.45, 2.75) is 141 Å². The molecule has 0 aliphatic rings. The first-order valence-electron chi connectivity index (χ1n) is 13.8. The van der Waals surface area contributed by atoms with Gasteiger partial charge in [-0.1, -0.05) is 104 Å². The summed E-state index contributed by atoms with van der Waals surface area (Å²) in [6.07, 6.45) is 21.9. The zero-order valence-electron chi connectivity index (χ0n) is 22.2. The molecule has 8 heteroatoms. The predicted octanol–water partition coefficient (Wildman–Crippen LogP) is 9.27. The van der Waals surface area contributed by atoms with Crippen molar-refractivity contribution in [2.24, 2.45) is 0 Å². The zero-order chi connectivity index (χ0) is 25.3. The largest absolute Gasteiger partial charge is 0.421 e. The highest BCUT2D eigenvalue weighted by atomic mass is 32.2. The average molecular weight is 525 g/mol. The molecule has 34 heavy (non-hydrogen) atoms. The topological polar surface area (TPSA) is 82.1 Å². The summed E-state index contributed by atoms with van der Waals surface area (Å²) in [5.74, 6) is 1.19. The fourth-order valence-electron chi connectivity index (χ4n) is 3.92. The van der Waals surface area contributed by atoms with E-state index in [9.17, 15) is 9.36 Å². The van der Waals surface area contributed by atoms with Crippen LogP contribution in [0.1, 0.15) is 130 Å². The van der Waals surface area contributed by atoms with Crippen molar-refractivity contribution in [3.63, 3.8) is 0 Å². The van der Waals surface area contributed by atoms with E-state index in [1.807, 2.05) is 0 Å². The number of unbranched alkanes of at least 4 members (excludes halogenated alkanes) is 13. The first-order chi connectivity index (χ1) is 16.6. The highest BCUT2D eigenvalue weighted by Gasteiger charge is 2.18. The van der Waals surface area contributed by atoms with Gasteiger partial charge in [-0.25, -0.2) is 4.79 Å². The summed E-state index contributed by atoms with van der Waals surface area (Å²) in [5.41, 5.74) is -1.22. The summed E-state index contributed by atoms with van der Waals surface area (Å²) >= 11 is 2.06. The molecule has 0 aromatic carbocycles. The van der Waals surface area contributed by atoms with Crippen molar-refractivity contribution in [3.05, 3.63) is 0 Å². The number of carbonyl (C=O) groups excluding carboxylic acids is 1. The minimum absolute atomic E-state index is 0.146. The summed E-state index contributed by atoms with van der Waals surface area (Å²) in [6.45, 7) is 7.31. The summed E-state index contributed by atoms with van der Waals surface area (Å²) in [5, 5.41) is 8.70.